The van der Waals surface area contributed by atoms with Crippen LogP contribution in [0.4, 0.5) is 0 Å². The van der Waals surface area contributed by atoms with Gasteiger partial charge in [0.1, 0.15) is 18.2 Å². The van der Waals surface area contributed by atoms with Gasteiger partial charge in [0.2, 0.25) is 0 Å². The first-order valence-corrected chi connectivity index (χ1v) is 11.3. The molecule has 0 fully saturated rings. The molecule has 0 radical (unpaired) electrons. The fraction of sp³-hybridized carbons (Fsp3) is 0.333. The highest BCUT2D eigenvalue weighted by atomic mass is 32.1. The molecule has 0 spiro atoms. The van der Waals surface area contributed by atoms with Crippen LogP contribution in [0.25, 0.3) is 11.0 Å². The number of nitrogens with zero attached hydrogens (tertiary/aromatic N) is 2. The molecule has 0 saturated carbocycles. The maximum atomic E-state index is 5.85. The minimum Gasteiger partial charge on any atom is -0.487 e. The number of H-pyrrole nitrogens is 1. The van der Waals surface area contributed by atoms with Crippen molar-refractivity contribution in [2.75, 3.05) is 0 Å². The minimum absolute atomic E-state index is 0.182. The van der Waals surface area contributed by atoms with Crippen LogP contribution in [0.1, 0.15) is 48.4 Å². The Morgan fingerprint density at radius 3 is 2.57 bits per heavy atom. The largest absolute Gasteiger partial charge is 0.487 e. The summed E-state index contributed by atoms with van der Waals surface area (Å²) in [6, 6.07) is 16.6. The van der Waals surface area contributed by atoms with Crippen molar-refractivity contribution in [2.24, 2.45) is 5.92 Å². The van der Waals surface area contributed by atoms with Crippen molar-refractivity contribution in [1.82, 2.24) is 20.3 Å². The lowest BCUT2D eigenvalue weighted by Crippen LogP contribution is -2.23. The second-order valence-corrected chi connectivity index (χ2v) is 9.05. The highest BCUT2D eigenvalue weighted by Gasteiger charge is 2.17. The molecule has 2 aromatic heterocycles. The second-order valence-electron chi connectivity index (χ2n) is 7.99. The highest BCUT2D eigenvalue weighted by molar-refractivity contribution is 7.09. The van der Waals surface area contributed by atoms with Crippen LogP contribution in [0.15, 0.2) is 53.9 Å². The number of aromatic nitrogens is 3. The van der Waals surface area contributed by atoms with E-state index in [1.165, 1.54) is 5.56 Å². The smallest absolute Gasteiger partial charge is 0.131 e. The van der Waals surface area contributed by atoms with Gasteiger partial charge in [-0.1, -0.05) is 38.1 Å². The Hall–Kier alpha value is -2.70. The summed E-state index contributed by atoms with van der Waals surface area (Å²) in [7, 11) is 0. The van der Waals surface area contributed by atoms with Gasteiger partial charge in [-0.2, -0.15) is 0 Å². The number of ether oxygens (including phenoxy) is 1. The summed E-state index contributed by atoms with van der Waals surface area (Å²) in [6.07, 6.45) is 1.02. The number of para-hydroxylation sites is 2. The fourth-order valence-corrected chi connectivity index (χ4v) is 4.07. The van der Waals surface area contributed by atoms with Crippen LogP contribution in [-0.4, -0.2) is 15.0 Å². The molecule has 0 aliphatic heterocycles. The maximum absolute atomic E-state index is 5.85. The minimum atomic E-state index is 0.182. The summed E-state index contributed by atoms with van der Waals surface area (Å²) in [5.41, 5.74) is 4.29. The van der Waals surface area contributed by atoms with Crippen molar-refractivity contribution in [1.29, 1.82) is 0 Å². The quantitative estimate of drug-likeness (QED) is 0.360. The molecule has 4 rings (SSSR count). The van der Waals surface area contributed by atoms with E-state index in [0.717, 1.165) is 46.3 Å². The summed E-state index contributed by atoms with van der Waals surface area (Å²) in [5.74, 6) is 2.43. The van der Waals surface area contributed by atoms with Crippen molar-refractivity contribution in [3.8, 4) is 5.75 Å². The molecule has 156 valence electrons. The summed E-state index contributed by atoms with van der Waals surface area (Å²) in [4.78, 5) is 12.7. The topological polar surface area (TPSA) is 62.8 Å². The van der Waals surface area contributed by atoms with Crippen LogP contribution < -0.4 is 10.1 Å². The first-order chi connectivity index (χ1) is 14.6. The SMILES string of the molecule is Cc1nc(COc2ccc(CN[C@H](CC(C)C)c3nc4ccccc4[nH]3)cc2)cs1. The number of benzene rings is 2. The zero-order valence-corrected chi connectivity index (χ0v) is 18.5. The number of nitrogens with one attached hydrogen (secondary N) is 2. The van der Waals surface area contributed by atoms with E-state index in [0.29, 0.717) is 12.5 Å². The number of aryl methyl sites for hydroxylation is 1. The van der Waals surface area contributed by atoms with Gasteiger partial charge in [0, 0.05) is 11.9 Å². The van der Waals surface area contributed by atoms with Gasteiger partial charge in [0.25, 0.3) is 0 Å². The maximum Gasteiger partial charge on any atom is 0.131 e. The molecule has 0 amide bonds. The molecule has 30 heavy (non-hydrogen) atoms. The third-order valence-electron chi connectivity index (χ3n) is 4.97. The summed E-state index contributed by atoms with van der Waals surface area (Å²) >= 11 is 1.65. The van der Waals surface area contributed by atoms with Crippen molar-refractivity contribution in [3.05, 3.63) is 76.0 Å². The number of fused-ring (bicyclic) bond motifs is 1. The number of aromatic amines is 1. The van der Waals surface area contributed by atoms with Crippen molar-refractivity contribution < 1.29 is 4.74 Å². The van der Waals surface area contributed by atoms with E-state index in [2.05, 4.69) is 47.3 Å². The first-order valence-electron chi connectivity index (χ1n) is 10.4. The predicted molar refractivity (Wildman–Crippen MR) is 123 cm³/mol. The van der Waals surface area contributed by atoms with Crippen LogP contribution in [0.2, 0.25) is 0 Å². The van der Waals surface area contributed by atoms with Gasteiger partial charge in [0.05, 0.1) is 27.8 Å². The van der Waals surface area contributed by atoms with Gasteiger partial charge in [-0.25, -0.2) is 9.97 Å². The van der Waals surface area contributed by atoms with Crippen LogP contribution in [0.5, 0.6) is 5.75 Å². The highest BCUT2D eigenvalue weighted by Crippen LogP contribution is 2.23. The molecular formula is C24H28N4OS. The van der Waals surface area contributed by atoms with Crippen molar-refractivity contribution in [2.45, 2.75) is 46.4 Å². The van der Waals surface area contributed by atoms with E-state index in [9.17, 15) is 0 Å². The average molecular weight is 421 g/mol. The van der Waals surface area contributed by atoms with Gasteiger partial charge in [-0.15, -0.1) is 11.3 Å². The molecule has 1 atom stereocenters. The third kappa shape index (κ3) is 5.26. The third-order valence-corrected chi connectivity index (χ3v) is 5.80. The molecule has 2 aromatic carbocycles. The summed E-state index contributed by atoms with van der Waals surface area (Å²) in [6.45, 7) is 7.78. The van der Waals surface area contributed by atoms with Gasteiger partial charge in [0.15, 0.2) is 0 Å². The predicted octanol–water partition coefficient (Wildman–Crippen LogP) is 5.78. The Labute approximate surface area is 181 Å². The Kier molecular flexibility index (Phi) is 6.45. The Bertz CT molecular complexity index is 1050. The van der Waals surface area contributed by atoms with E-state index in [1.54, 1.807) is 11.3 Å². The zero-order chi connectivity index (χ0) is 20.9. The van der Waals surface area contributed by atoms with Crippen LogP contribution >= 0.6 is 11.3 Å². The van der Waals surface area contributed by atoms with Gasteiger partial charge in [-0.05, 0) is 49.1 Å². The standard InChI is InChI=1S/C24H28N4OS/c1-16(2)12-23(24-27-21-6-4-5-7-22(21)28-24)25-13-18-8-10-20(11-9-18)29-14-19-15-30-17(3)26-19/h4-11,15-16,23,25H,12-14H2,1-3H3,(H,27,28)/t23-/m1/s1. The normalized spacial score (nSPS) is 12.5. The van der Waals surface area contributed by atoms with E-state index in [4.69, 9.17) is 9.72 Å². The Morgan fingerprint density at radius 1 is 1.07 bits per heavy atom. The molecule has 6 heteroatoms. The number of hydrogen-bond donors (Lipinski definition) is 2. The van der Waals surface area contributed by atoms with Crippen LogP contribution in [0, 0.1) is 12.8 Å². The lowest BCUT2D eigenvalue weighted by molar-refractivity contribution is 0.302. The molecule has 0 bridgehead atoms. The molecule has 4 aromatic rings. The molecule has 5 nitrogen and oxygen atoms in total. The zero-order valence-electron chi connectivity index (χ0n) is 17.7. The molecular weight excluding hydrogens is 392 g/mol. The molecule has 0 unspecified atom stereocenters. The molecule has 2 N–H and O–H groups in total. The molecule has 0 saturated heterocycles. The summed E-state index contributed by atoms with van der Waals surface area (Å²) in [5, 5.41) is 6.79. The number of thiazole rings is 1. The Morgan fingerprint density at radius 2 is 1.87 bits per heavy atom. The molecule has 0 aliphatic rings. The van der Waals surface area contributed by atoms with Crippen molar-refractivity contribution in [3.63, 3.8) is 0 Å². The van der Waals surface area contributed by atoms with Gasteiger partial charge in [-0.3, -0.25) is 0 Å². The lowest BCUT2D eigenvalue weighted by atomic mass is 10.0. The second kappa shape index (κ2) is 9.41. The lowest BCUT2D eigenvalue weighted by Gasteiger charge is -2.19. The number of rotatable bonds is 9. The molecule has 0 aliphatic carbocycles. The summed E-state index contributed by atoms with van der Waals surface area (Å²) < 4.78 is 5.85. The first kappa shape index (κ1) is 20.6. The van der Waals surface area contributed by atoms with Gasteiger partial charge >= 0.3 is 0 Å². The monoisotopic (exact) mass is 420 g/mol. The fourth-order valence-electron chi connectivity index (χ4n) is 3.48. The van der Waals surface area contributed by atoms with Crippen LogP contribution in [0.3, 0.4) is 0 Å². The van der Waals surface area contributed by atoms with Gasteiger partial charge < -0.3 is 15.0 Å². The van der Waals surface area contributed by atoms with E-state index >= 15 is 0 Å². The van der Waals surface area contributed by atoms with Crippen LogP contribution in [-0.2, 0) is 13.2 Å². The molecule has 2 heterocycles. The van der Waals surface area contributed by atoms with E-state index < -0.39 is 0 Å². The Balaban J connectivity index is 1.38. The van der Waals surface area contributed by atoms with Crippen molar-refractivity contribution >= 4 is 22.4 Å². The number of hydrogen-bond acceptors (Lipinski definition) is 5. The number of imidazole rings is 1. The van der Waals surface area contributed by atoms with E-state index in [-0.39, 0.29) is 6.04 Å². The average Bonchev–Trinajstić information content (AvgIpc) is 3.36. The van der Waals surface area contributed by atoms with E-state index in [1.807, 2.05) is 42.6 Å².